The fourth-order valence-corrected chi connectivity index (χ4v) is 1.86. The molecular formula is C11H13ClN2O. The summed E-state index contributed by atoms with van der Waals surface area (Å²) < 4.78 is 5.16. The minimum Gasteiger partial charge on any atom is -0.495 e. The molecule has 0 radical (unpaired) electrons. The SMILES string of the molecule is COc1cccc(C2=NCC(C)N2)c1Cl. The van der Waals surface area contributed by atoms with E-state index in [2.05, 4.69) is 17.2 Å². The van der Waals surface area contributed by atoms with Crippen molar-refractivity contribution >= 4 is 17.4 Å². The van der Waals surface area contributed by atoms with Crippen molar-refractivity contribution in [1.82, 2.24) is 5.32 Å². The van der Waals surface area contributed by atoms with E-state index in [-0.39, 0.29) is 0 Å². The summed E-state index contributed by atoms with van der Waals surface area (Å²) in [5.74, 6) is 1.53. The Bertz CT molecular complexity index is 404. The summed E-state index contributed by atoms with van der Waals surface area (Å²) in [6.07, 6.45) is 0. The summed E-state index contributed by atoms with van der Waals surface area (Å²) in [5, 5.41) is 3.88. The highest BCUT2D eigenvalue weighted by Gasteiger charge is 2.18. The van der Waals surface area contributed by atoms with Gasteiger partial charge in [-0.2, -0.15) is 0 Å². The van der Waals surface area contributed by atoms with Crippen LogP contribution in [-0.4, -0.2) is 25.5 Å². The molecule has 1 unspecified atom stereocenters. The largest absolute Gasteiger partial charge is 0.495 e. The standard InChI is InChI=1S/C11H13ClN2O/c1-7-6-13-11(14-7)8-4-3-5-9(15-2)10(8)12/h3-5,7H,6H2,1-2H3,(H,13,14). The number of halogens is 1. The minimum absolute atomic E-state index is 0.377. The van der Waals surface area contributed by atoms with E-state index >= 15 is 0 Å². The highest BCUT2D eigenvalue weighted by molar-refractivity contribution is 6.35. The number of aliphatic imine (C=N–C) groups is 1. The first-order valence-corrected chi connectivity index (χ1v) is 5.24. The Balaban J connectivity index is 2.37. The Hall–Kier alpha value is -1.22. The fourth-order valence-electron chi connectivity index (χ4n) is 1.57. The molecule has 0 aromatic heterocycles. The third kappa shape index (κ3) is 1.92. The lowest BCUT2D eigenvalue weighted by Crippen LogP contribution is -2.27. The molecule has 1 aliphatic heterocycles. The molecule has 0 amide bonds. The van der Waals surface area contributed by atoms with Crippen molar-refractivity contribution in [1.29, 1.82) is 0 Å². The molecule has 0 aliphatic carbocycles. The van der Waals surface area contributed by atoms with E-state index in [1.54, 1.807) is 7.11 Å². The van der Waals surface area contributed by atoms with E-state index in [1.165, 1.54) is 0 Å². The van der Waals surface area contributed by atoms with Gasteiger partial charge in [0.1, 0.15) is 11.6 Å². The van der Waals surface area contributed by atoms with Crippen LogP contribution in [0.15, 0.2) is 23.2 Å². The summed E-state index contributed by atoms with van der Waals surface area (Å²) in [7, 11) is 1.61. The molecule has 1 aromatic carbocycles. The smallest absolute Gasteiger partial charge is 0.138 e. The second-order valence-electron chi connectivity index (χ2n) is 3.56. The van der Waals surface area contributed by atoms with Gasteiger partial charge in [-0.1, -0.05) is 17.7 Å². The summed E-state index contributed by atoms with van der Waals surface area (Å²) in [5.41, 5.74) is 0.903. The van der Waals surface area contributed by atoms with Crippen molar-refractivity contribution in [3.63, 3.8) is 0 Å². The molecule has 0 fully saturated rings. The maximum atomic E-state index is 6.19. The third-order valence-electron chi connectivity index (χ3n) is 2.34. The number of amidine groups is 1. The Morgan fingerprint density at radius 3 is 2.93 bits per heavy atom. The summed E-state index contributed by atoms with van der Waals surface area (Å²) in [4.78, 5) is 4.39. The Morgan fingerprint density at radius 1 is 1.53 bits per heavy atom. The molecule has 1 atom stereocenters. The van der Waals surface area contributed by atoms with Crippen LogP contribution in [-0.2, 0) is 0 Å². The molecular weight excluding hydrogens is 212 g/mol. The average molecular weight is 225 g/mol. The molecule has 4 heteroatoms. The predicted molar refractivity (Wildman–Crippen MR) is 62.0 cm³/mol. The molecule has 3 nitrogen and oxygen atoms in total. The van der Waals surface area contributed by atoms with Crippen molar-refractivity contribution < 1.29 is 4.74 Å². The van der Waals surface area contributed by atoms with Gasteiger partial charge in [-0.05, 0) is 19.1 Å². The van der Waals surface area contributed by atoms with Gasteiger partial charge in [0.25, 0.3) is 0 Å². The Kier molecular flexibility index (Phi) is 2.82. The summed E-state index contributed by atoms with van der Waals surface area (Å²) in [6.45, 7) is 2.88. The number of ether oxygens (including phenoxy) is 1. The number of nitrogens with zero attached hydrogens (tertiary/aromatic N) is 1. The molecule has 0 spiro atoms. The lowest BCUT2D eigenvalue weighted by atomic mass is 10.2. The van der Waals surface area contributed by atoms with Crippen molar-refractivity contribution in [3.05, 3.63) is 28.8 Å². The van der Waals surface area contributed by atoms with Gasteiger partial charge in [0.2, 0.25) is 0 Å². The van der Waals surface area contributed by atoms with Gasteiger partial charge in [-0.3, -0.25) is 4.99 Å². The Morgan fingerprint density at radius 2 is 2.33 bits per heavy atom. The summed E-state index contributed by atoms with van der Waals surface area (Å²) in [6, 6.07) is 6.06. The average Bonchev–Trinajstić information content (AvgIpc) is 2.65. The van der Waals surface area contributed by atoms with Crippen LogP contribution in [0.2, 0.25) is 5.02 Å². The lowest BCUT2D eigenvalue weighted by molar-refractivity contribution is 0.415. The zero-order chi connectivity index (χ0) is 10.8. The molecule has 1 aliphatic rings. The quantitative estimate of drug-likeness (QED) is 0.835. The van der Waals surface area contributed by atoms with Crippen molar-refractivity contribution in [3.8, 4) is 5.75 Å². The molecule has 15 heavy (non-hydrogen) atoms. The van der Waals surface area contributed by atoms with Crippen molar-refractivity contribution in [2.24, 2.45) is 4.99 Å². The highest BCUT2D eigenvalue weighted by Crippen LogP contribution is 2.28. The van der Waals surface area contributed by atoms with Crippen molar-refractivity contribution in [2.45, 2.75) is 13.0 Å². The van der Waals surface area contributed by atoms with Gasteiger partial charge < -0.3 is 10.1 Å². The first-order chi connectivity index (χ1) is 7.22. The van der Waals surface area contributed by atoms with Gasteiger partial charge in [-0.25, -0.2) is 0 Å². The zero-order valence-corrected chi connectivity index (χ0v) is 9.51. The van der Waals surface area contributed by atoms with Gasteiger partial charge in [0, 0.05) is 11.6 Å². The normalized spacial score (nSPS) is 19.7. The van der Waals surface area contributed by atoms with Gasteiger partial charge in [0.05, 0.1) is 18.7 Å². The number of benzene rings is 1. The van der Waals surface area contributed by atoms with Gasteiger partial charge in [-0.15, -0.1) is 0 Å². The minimum atomic E-state index is 0.377. The molecule has 1 N–H and O–H groups in total. The zero-order valence-electron chi connectivity index (χ0n) is 8.75. The molecule has 0 saturated heterocycles. The van der Waals surface area contributed by atoms with Crippen molar-refractivity contribution in [2.75, 3.05) is 13.7 Å². The third-order valence-corrected chi connectivity index (χ3v) is 2.73. The van der Waals surface area contributed by atoms with E-state index in [0.717, 1.165) is 17.9 Å². The van der Waals surface area contributed by atoms with Crippen LogP contribution in [0.3, 0.4) is 0 Å². The van der Waals surface area contributed by atoms with E-state index < -0.39 is 0 Å². The first kappa shape index (κ1) is 10.3. The van der Waals surface area contributed by atoms with E-state index in [9.17, 15) is 0 Å². The maximum absolute atomic E-state index is 6.19. The molecule has 1 aromatic rings. The predicted octanol–water partition coefficient (Wildman–Crippen LogP) is 2.09. The number of hydrogen-bond acceptors (Lipinski definition) is 3. The number of rotatable bonds is 2. The highest BCUT2D eigenvalue weighted by atomic mass is 35.5. The fraction of sp³-hybridized carbons (Fsp3) is 0.364. The number of methoxy groups -OCH3 is 1. The maximum Gasteiger partial charge on any atom is 0.138 e. The van der Waals surface area contributed by atoms with Crippen LogP contribution < -0.4 is 10.1 Å². The lowest BCUT2D eigenvalue weighted by Gasteiger charge is -2.10. The molecule has 0 bridgehead atoms. The van der Waals surface area contributed by atoms with Gasteiger partial charge in [0.15, 0.2) is 0 Å². The van der Waals surface area contributed by atoms with E-state index in [1.807, 2.05) is 18.2 Å². The summed E-state index contributed by atoms with van der Waals surface area (Å²) >= 11 is 6.19. The first-order valence-electron chi connectivity index (χ1n) is 4.86. The van der Waals surface area contributed by atoms with Crippen LogP contribution in [0.25, 0.3) is 0 Å². The Labute approximate surface area is 94.1 Å². The van der Waals surface area contributed by atoms with E-state index in [0.29, 0.717) is 16.8 Å². The monoisotopic (exact) mass is 224 g/mol. The van der Waals surface area contributed by atoms with Gasteiger partial charge >= 0.3 is 0 Å². The van der Waals surface area contributed by atoms with Crippen LogP contribution in [0.1, 0.15) is 12.5 Å². The van der Waals surface area contributed by atoms with Crippen LogP contribution in [0, 0.1) is 0 Å². The molecule has 1 heterocycles. The topological polar surface area (TPSA) is 33.6 Å². The second kappa shape index (κ2) is 4.11. The number of hydrogen-bond donors (Lipinski definition) is 1. The van der Waals surface area contributed by atoms with Crippen LogP contribution in [0.5, 0.6) is 5.75 Å². The molecule has 0 saturated carbocycles. The second-order valence-corrected chi connectivity index (χ2v) is 3.93. The molecule has 80 valence electrons. The number of nitrogens with one attached hydrogen (secondary N) is 1. The van der Waals surface area contributed by atoms with Crippen LogP contribution in [0.4, 0.5) is 0 Å². The van der Waals surface area contributed by atoms with E-state index in [4.69, 9.17) is 16.3 Å². The van der Waals surface area contributed by atoms with Crippen LogP contribution >= 0.6 is 11.6 Å². The molecule has 2 rings (SSSR count).